The topological polar surface area (TPSA) is 112 Å². The zero-order valence-electron chi connectivity index (χ0n) is 24.8. The molecule has 0 radical (unpaired) electrons. The third-order valence-electron chi connectivity index (χ3n) is 8.61. The average molecular weight is 567 g/mol. The van der Waals surface area contributed by atoms with Crippen LogP contribution >= 0.6 is 0 Å². The highest BCUT2D eigenvalue weighted by atomic mass is 16.7. The van der Waals surface area contributed by atoms with Crippen molar-refractivity contribution in [3.8, 4) is 0 Å². The number of aliphatic carboxylic acids is 1. The summed E-state index contributed by atoms with van der Waals surface area (Å²) in [7, 11) is 0. The van der Waals surface area contributed by atoms with E-state index in [1.807, 2.05) is 0 Å². The third kappa shape index (κ3) is 11.9. The van der Waals surface area contributed by atoms with Gasteiger partial charge in [-0.1, -0.05) is 45.3 Å². The maximum atomic E-state index is 12.9. The lowest BCUT2D eigenvalue weighted by Crippen LogP contribution is -2.32. The number of unbranched alkanes of at least 4 members (excludes halogenated alkanes) is 2. The molecule has 2 saturated heterocycles. The molecule has 3 rings (SSSR count). The van der Waals surface area contributed by atoms with Gasteiger partial charge in [0.1, 0.15) is 5.78 Å². The summed E-state index contributed by atoms with van der Waals surface area (Å²) in [4.78, 5) is 23.7. The van der Waals surface area contributed by atoms with Crippen molar-refractivity contribution in [2.75, 3.05) is 13.2 Å². The number of carboxylic acid groups (broad SMARTS) is 1. The molecule has 8 nitrogen and oxygen atoms in total. The first-order valence-electron chi connectivity index (χ1n) is 16.0. The molecule has 0 bridgehead atoms. The first kappa shape index (κ1) is 33.2. The summed E-state index contributed by atoms with van der Waals surface area (Å²) in [6.07, 6.45) is 15.4. The Morgan fingerprint density at radius 1 is 1.00 bits per heavy atom. The van der Waals surface area contributed by atoms with Crippen LogP contribution in [0.25, 0.3) is 0 Å². The molecule has 0 amide bonds. The predicted octanol–water partition coefficient (Wildman–Crippen LogP) is 6.18. The lowest BCUT2D eigenvalue weighted by molar-refractivity contribution is -0.193. The van der Waals surface area contributed by atoms with Crippen LogP contribution in [0.4, 0.5) is 0 Å². The SMILES string of the molecule is CCCC[C@H](C)C[C@H](C=C[C@@H]1[C@@H](CC(=O)CCCCC(=O)O)[C@@H](O)C[C@H]1OC1CCCCO1)OC1CCCCO1. The largest absolute Gasteiger partial charge is 0.481 e. The molecule has 0 aromatic rings. The van der Waals surface area contributed by atoms with Gasteiger partial charge in [0.25, 0.3) is 0 Å². The molecule has 2 aliphatic heterocycles. The number of aliphatic hydroxyl groups is 1. The second-order valence-corrected chi connectivity index (χ2v) is 12.2. The van der Waals surface area contributed by atoms with Gasteiger partial charge in [-0.25, -0.2) is 0 Å². The molecule has 8 atom stereocenters. The lowest BCUT2D eigenvalue weighted by atomic mass is 9.87. The second kappa shape index (κ2) is 18.3. The zero-order chi connectivity index (χ0) is 28.7. The molecule has 0 spiro atoms. The van der Waals surface area contributed by atoms with Crippen LogP contribution in [0.3, 0.4) is 0 Å². The molecule has 3 fully saturated rings. The lowest BCUT2D eigenvalue weighted by Gasteiger charge is -2.30. The Morgan fingerprint density at radius 2 is 1.70 bits per heavy atom. The molecule has 3 aliphatic rings. The van der Waals surface area contributed by atoms with E-state index in [-0.39, 0.29) is 55.2 Å². The van der Waals surface area contributed by atoms with Gasteiger partial charge in [0, 0.05) is 50.7 Å². The quantitative estimate of drug-likeness (QED) is 0.149. The molecule has 2 unspecified atom stereocenters. The molecule has 0 aromatic carbocycles. The standard InChI is InChI=1S/C32H54O8/c1-3-4-11-23(2)20-25(39-31-14-7-9-18-37-31)16-17-26-27(21-24(33)12-5-6-13-30(35)36)28(34)22-29(26)40-32-15-8-10-19-38-32/h16-17,23,25-29,31-32,34H,3-15,18-22H2,1-2H3,(H,35,36)/t23-,25-,26+,27+,28-,29+,31?,32?/m0/s1. The summed E-state index contributed by atoms with van der Waals surface area (Å²) in [5.74, 6) is -0.640. The van der Waals surface area contributed by atoms with Gasteiger partial charge in [0.05, 0.1) is 18.3 Å². The maximum absolute atomic E-state index is 12.9. The summed E-state index contributed by atoms with van der Waals surface area (Å²) >= 11 is 0. The normalized spacial score (nSPS) is 30.9. The van der Waals surface area contributed by atoms with Gasteiger partial charge < -0.3 is 29.2 Å². The Labute approximate surface area is 241 Å². The average Bonchev–Trinajstić information content (AvgIpc) is 3.22. The van der Waals surface area contributed by atoms with Crippen LogP contribution < -0.4 is 0 Å². The van der Waals surface area contributed by atoms with Crippen molar-refractivity contribution in [1.82, 2.24) is 0 Å². The second-order valence-electron chi connectivity index (χ2n) is 12.2. The van der Waals surface area contributed by atoms with E-state index in [0.717, 1.165) is 58.0 Å². The van der Waals surface area contributed by atoms with Crippen molar-refractivity contribution in [1.29, 1.82) is 0 Å². The van der Waals surface area contributed by atoms with Crippen molar-refractivity contribution < 1.29 is 38.7 Å². The van der Waals surface area contributed by atoms with Gasteiger partial charge in [-0.15, -0.1) is 0 Å². The Morgan fingerprint density at radius 3 is 2.35 bits per heavy atom. The van der Waals surface area contributed by atoms with Gasteiger partial charge in [-0.3, -0.25) is 9.59 Å². The van der Waals surface area contributed by atoms with Crippen LogP contribution in [0.15, 0.2) is 12.2 Å². The highest BCUT2D eigenvalue weighted by molar-refractivity contribution is 5.78. The Hall–Kier alpha value is -1.32. The van der Waals surface area contributed by atoms with Crippen LogP contribution in [0, 0.1) is 17.8 Å². The predicted molar refractivity (Wildman–Crippen MR) is 153 cm³/mol. The number of carbonyl (C=O) groups excluding carboxylic acids is 1. The molecule has 1 saturated carbocycles. The number of hydrogen-bond acceptors (Lipinski definition) is 7. The molecular weight excluding hydrogens is 512 g/mol. The van der Waals surface area contributed by atoms with E-state index in [4.69, 9.17) is 24.1 Å². The number of Topliss-reactive ketones (excluding diaryl/α,β-unsaturated/α-hetero) is 1. The minimum Gasteiger partial charge on any atom is -0.481 e. The fourth-order valence-corrected chi connectivity index (χ4v) is 6.28. The van der Waals surface area contributed by atoms with Crippen LogP contribution in [-0.2, 0) is 28.5 Å². The number of hydrogen-bond donors (Lipinski definition) is 2. The van der Waals surface area contributed by atoms with Gasteiger partial charge >= 0.3 is 5.97 Å². The van der Waals surface area contributed by atoms with Crippen molar-refractivity contribution in [3.05, 3.63) is 12.2 Å². The van der Waals surface area contributed by atoms with E-state index in [9.17, 15) is 14.7 Å². The molecule has 0 aromatic heterocycles. The van der Waals surface area contributed by atoms with Crippen molar-refractivity contribution >= 4 is 11.8 Å². The molecule has 2 heterocycles. The van der Waals surface area contributed by atoms with Crippen LogP contribution in [0.1, 0.15) is 117 Å². The molecule has 8 heteroatoms. The third-order valence-corrected chi connectivity index (χ3v) is 8.61. The fraction of sp³-hybridized carbons (Fsp3) is 0.875. The van der Waals surface area contributed by atoms with E-state index in [2.05, 4.69) is 26.0 Å². The molecule has 230 valence electrons. The van der Waals surface area contributed by atoms with E-state index in [1.54, 1.807) is 0 Å². The minimum absolute atomic E-state index is 0.0685. The monoisotopic (exact) mass is 566 g/mol. The fourth-order valence-electron chi connectivity index (χ4n) is 6.28. The van der Waals surface area contributed by atoms with Gasteiger partial charge in [0.2, 0.25) is 0 Å². The highest BCUT2D eigenvalue weighted by Crippen LogP contribution is 2.40. The van der Waals surface area contributed by atoms with Crippen LogP contribution in [-0.4, -0.2) is 66.1 Å². The van der Waals surface area contributed by atoms with Crippen molar-refractivity contribution in [3.63, 3.8) is 0 Å². The number of ether oxygens (including phenoxy) is 4. The van der Waals surface area contributed by atoms with Crippen molar-refractivity contribution in [2.45, 2.75) is 147 Å². The number of rotatable bonds is 18. The first-order valence-corrected chi connectivity index (χ1v) is 16.0. The van der Waals surface area contributed by atoms with Crippen molar-refractivity contribution in [2.24, 2.45) is 17.8 Å². The number of carboxylic acids is 1. The van der Waals surface area contributed by atoms with E-state index in [0.29, 0.717) is 38.2 Å². The maximum Gasteiger partial charge on any atom is 0.303 e. The Bertz CT molecular complexity index is 758. The Kier molecular flexibility index (Phi) is 15.2. The highest BCUT2D eigenvalue weighted by Gasteiger charge is 2.44. The number of ketones is 1. The zero-order valence-corrected chi connectivity index (χ0v) is 24.8. The molecule has 40 heavy (non-hydrogen) atoms. The summed E-state index contributed by atoms with van der Waals surface area (Å²) < 4.78 is 24.6. The van der Waals surface area contributed by atoms with Gasteiger partial charge in [-0.2, -0.15) is 0 Å². The summed E-state index contributed by atoms with van der Waals surface area (Å²) in [5, 5.41) is 20.0. The van der Waals surface area contributed by atoms with E-state index in [1.165, 1.54) is 12.8 Å². The van der Waals surface area contributed by atoms with E-state index >= 15 is 0 Å². The first-order chi connectivity index (χ1) is 19.4. The Balaban J connectivity index is 1.71. The number of carbonyl (C=O) groups is 2. The smallest absolute Gasteiger partial charge is 0.303 e. The molecule has 2 N–H and O–H groups in total. The summed E-state index contributed by atoms with van der Waals surface area (Å²) in [5.41, 5.74) is 0. The van der Waals surface area contributed by atoms with Crippen LogP contribution in [0.5, 0.6) is 0 Å². The number of aliphatic hydroxyl groups excluding tert-OH is 1. The summed E-state index contributed by atoms with van der Waals surface area (Å²) in [6, 6.07) is 0. The van der Waals surface area contributed by atoms with Gasteiger partial charge in [-0.05, 0) is 63.7 Å². The molecule has 1 aliphatic carbocycles. The minimum atomic E-state index is -0.840. The van der Waals surface area contributed by atoms with Crippen LogP contribution in [0.2, 0.25) is 0 Å². The van der Waals surface area contributed by atoms with E-state index < -0.39 is 12.1 Å². The molecular formula is C32H54O8. The van der Waals surface area contributed by atoms with Gasteiger partial charge in [0.15, 0.2) is 12.6 Å². The summed E-state index contributed by atoms with van der Waals surface area (Å²) in [6.45, 7) is 5.91.